The van der Waals surface area contributed by atoms with E-state index in [1.54, 1.807) is 6.20 Å². The van der Waals surface area contributed by atoms with Crippen molar-refractivity contribution in [3.8, 4) is 0 Å². The van der Waals surface area contributed by atoms with E-state index >= 15 is 0 Å². The van der Waals surface area contributed by atoms with Gasteiger partial charge in [0.05, 0.1) is 0 Å². The summed E-state index contributed by atoms with van der Waals surface area (Å²) in [6.45, 7) is 8.03. The Morgan fingerprint density at radius 2 is 2.00 bits per heavy atom. The van der Waals surface area contributed by atoms with Crippen molar-refractivity contribution in [3.05, 3.63) is 53.4 Å². The second-order valence-corrected chi connectivity index (χ2v) is 3.57. The third-order valence-electron chi connectivity index (χ3n) is 2.34. The Morgan fingerprint density at radius 3 is 2.44 bits per heavy atom. The van der Waals surface area contributed by atoms with E-state index in [9.17, 15) is 4.79 Å². The van der Waals surface area contributed by atoms with E-state index < -0.39 is 0 Å². The monoisotopic (exact) mass is 245 g/mol. The lowest BCUT2D eigenvalue weighted by atomic mass is 10.1. The van der Waals surface area contributed by atoms with Crippen LogP contribution in [0.15, 0.2) is 42.1 Å². The van der Waals surface area contributed by atoms with Gasteiger partial charge in [0.15, 0.2) is 0 Å². The van der Waals surface area contributed by atoms with E-state index in [1.165, 1.54) is 5.57 Å². The largest absolute Gasteiger partial charge is 0.303 e. The van der Waals surface area contributed by atoms with Crippen LogP contribution in [0.2, 0.25) is 0 Å². The molecule has 0 amide bonds. The van der Waals surface area contributed by atoms with Crippen molar-refractivity contribution in [2.75, 3.05) is 0 Å². The number of rotatable bonds is 5. The first-order valence-electron chi connectivity index (χ1n) is 6.45. The predicted molar refractivity (Wildman–Crippen MR) is 77.6 cm³/mol. The molecule has 0 spiro atoms. The fourth-order valence-corrected chi connectivity index (χ4v) is 1.46. The van der Waals surface area contributed by atoms with Gasteiger partial charge in [-0.1, -0.05) is 38.1 Å². The maximum atomic E-state index is 10.3. The van der Waals surface area contributed by atoms with Crippen molar-refractivity contribution < 1.29 is 4.79 Å². The smallest absolute Gasteiger partial charge is 0.124 e. The van der Waals surface area contributed by atoms with Gasteiger partial charge in [0, 0.05) is 24.7 Å². The minimum absolute atomic E-state index is 0.443. The molecule has 0 atom stereocenters. The summed E-state index contributed by atoms with van der Waals surface area (Å²) >= 11 is 0. The van der Waals surface area contributed by atoms with Crippen LogP contribution in [0.3, 0.4) is 0 Å². The highest BCUT2D eigenvalue weighted by Gasteiger charge is 1.98. The molecule has 0 aliphatic heterocycles. The summed E-state index contributed by atoms with van der Waals surface area (Å²) in [4.78, 5) is 14.7. The van der Waals surface area contributed by atoms with Crippen LogP contribution >= 0.6 is 0 Å². The SMILES string of the molecule is C/C=C\C(=C/C)Cc1ccc(CC=O)cn1.CC. The third-order valence-corrected chi connectivity index (χ3v) is 2.34. The summed E-state index contributed by atoms with van der Waals surface area (Å²) in [5.41, 5.74) is 3.24. The van der Waals surface area contributed by atoms with Gasteiger partial charge < -0.3 is 4.79 Å². The molecule has 0 bridgehead atoms. The maximum absolute atomic E-state index is 10.3. The van der Waals surface area contributed by atoms with Gasteiger partial charge >= 0.3 is 0 Å². The number of hydrogen-bond acceptors (Lipinski definition) is 2. The summed E-state index contributed by atoms with van der Waals surface area (Å²) in [7, 11) is 0. The van der Waals surface area contributed by atoms with Gasteiger partial charge in [-0.05, 0) is 31.1 Å². The zero-order valence-electron chi connectivity index (χ0n) is 11.8. The molecule has 2 heteroatoms. The highest BCUT2D eigenvalue weighted by atomic mass is 16.1. The molecule has 0 aromatic carbocycles. The van der Waals surface area contributed by atoms with Gasteiger partial charge in [0.1, 0.15) is 6.29 Å². The first-order chi connectivity index (χ1) is 8.80. The van der Waals surface area contributed by atoms with Crippen LogP contribution in [-0.2, 0) is 17.6 Å². The van der Waals surface area contributed by atoms with Gasteiger partial charge in [-0.2, -0.15) is 0 Å². The lowest BCUT2D eigenvalue weighted by molar-refractivity contribution is -0.107. The summed E-state index contributed by atoms with van der Waals surface area (Å²) in [6, 6.07) is 3.94. The molecule has 0 aliphatic rings. The van der Waals surface area contributed by atoms with E-state index in [1.807, 2.05) is 45.9 Å². The molecule has 0 saturated carbocycles. The van der Waals surface area contributed by atoms with Crippen molar-refractivity contribution >= 4 is 6.29 Å². The molecule has 0 fully saturated rings. The Labute approximate surface area is 110 Å². The molecule has 0 N–H and O–H groups in total. The number of aromatic nitrogens is 1. The first kappa shape index (κ1) is 16.3. The molecular formula is C16H23NO. The zero-order valence-corrected chi connectivity index (χ0v) is 11.8. The molecule has 1 aromatic heterocycles. The van der Waals surface area contributed by atoms with Crippen LogP contribution in [0.4, 0.5) is 0 Å². The molecule has 0 aliphatic carbocycles. The molecule has 0 saturated heterocycles. The van der Waals surface area contributed by atoms with Crippen LogP contribution in [0, 0.1) is 0 Å². The quantitative estimate of drug-likeness (QED) is 0.581. The Hall–Kier alpha value is -1.70. The summed E-state index contributed by atoms with van der Waals surface area (Å²) < 4.78 is 0. The topological polar surface area (TPSA) is 30.0 Å². The second-order valence-electron chi connectivity index (χ2n) is 3.57. The lowest BCUT2D eigenvalue weighted by Crippen LogP contribution is -1.94. The van der Waals surface area contributed by atoms with Crippen LogP contribution in [0.25, 0.3) is 0 Å². The fourth-order valence-electron chi connectivity index (χ4n) is 1.46. The van der Waals surface area contributed by atoms with E-state index in [2.05, 4.69) is 17.1 Å². The van der Waals surface area contributed by atoms with Crippen LogP contribution in [0.5, 0.6) is 0 Å². The number of nitrogens with zero attached hydrogens (tertiary/aromatic N) is 1. The second kappa shape index (κ2) is 10.5. The minimum Gasteiger partial charge on any atom is -0.303 e. The predicted octanol–water partition coefficient (Wildman–Crippen LogP) is 3.91. The molecule has 2 nitrogen and oxygen atoms in total. The normalized spacial score (nSPS) is 11.0. The van der Waals surface area contributed by atoms with Crippen molar-refractivity contribution in [2.24, 2.45) is 0 Å². The highest BCUT2D eigenvalue weighted by Crippen LogP contribution is 2.08. The number of pyridine rings is 1. The summed E-state index contributed by atoms with van der Waals surface area (Å²) in [5.74, 6) is 0. The van der Waals surface area contributed by atoms with Gasteiger partial charge in [0.2, 0.25) is 0 Å². The molecular weight excluding hydrogens is 222 g/mol. The zero-order chi connectivity index (χ0) is 13.8. The number of carbonyl (C=O) groups is 1. The number of hydrogen-bond donors (Lipinski definition) is 0. The Morgan fingerprint density at radius 1 is 1.28 bits per heavy atom. The van der Waals surface area contributed by atoms with Crippen LogP contribution in [0.1, 0.15) is 39.0 Å². The highest BCUT2D eigenvalue weighted by molar-refractivity contribution is 5.54. The summed E-state index contributed by atoms with van der Waals surface area (Å²) in [5, 5.41) is 0. The molecule has 1 heterocycles. The van der Waals surface area contributed by atoms with Gasteiger partial charge in [0.25, 0.3) is 0 Å². The van der Waals surface area contributed by atoms with Gasteiger partial charge in [-0.25, -0.2) is 0 Å². The molecule has 18 heavy (non-hydrogen) atoms. The Balaban J connectivity index is 0.00000137. The standard InChI is InChI=1S/C14H17NO.C2H6/c1-3-5-12(4-2)10-14-7-6-13(8-9-16)11-15-14;1-2/h3-7,9,11H,8,10H2,1-2H3;1-2H3/b5-3-,12-4+;. The van der Waals surface area contributed by atoms with Crippen molar-refractivity contribution in [2.45, 2.75) is 40.5 Å². The Bertz CT molecular complexity index is 388. The maximum Gasteiger partial charge on any atom is 0.124 e. The average molecular weight is 245 g/mol. The van der Waals surface area contributed by atoms with E-state index in [0.717, 1.165) is 24.0 Å². The first-order valence-corrected chi connectivity index (χ1v) is 6.45. The van der Waals surface area contributed by atoms with Crippen LogP contribution < -0.4 is 0 Å². The minimum atomic E-state index is 0.443. The summed E-state index contributed by atoms with van der Waals surface area (Å²) in [6.07, 6.45) is 10.1. The molecule has 1 rings (SSSR count). The van der Waals surface area contributed by atoms with Gasteiger partial charge in [-0.3, -0.25) is 4.98 Å². The van der Waals surface area contributed by atoms with Crippen LogP contribution in [-0.4, -0.2) is 11.3 Å². The van der Waals surface area contributed by atoms with Gasteiger partial charge in [-0.15, -0.1) is 0 Å². The molecule has 0 radical (unpaired) electrons. The van der Waals surface area contributed by atoms with Crippen molar-refractivity contribution in [3.63, 3.8) is 0 Å². The fraction of sp³-hybridized carbons (Fsp3) is 0.375. The molecule has 98 valence electrons. The third kappa shape index (κ3) is 6.14. The van der Waals surface area contributed by atoms with E-state index in [-0.39, 0.29) is 0 Å². The lowest BCUT2D eigenvalue weighted by Gasteiger charge is -2.02. The number of allylic oxidation sites excluding steroid dienone is 4. The van der Waals surface area contributed by atoms with E-state index in [4.69, 9.17) is 0 Å². The molecule has 1 aromatic rings. The van der Waals surface area contributed by atoms with Crippen molar-refractivity contribution in [1.29, 1.82) is 0 Å². The number of carbonyl (C=O) groups excluding carboxylic acids is 1. The average Bonchev–Trinajstić information content (AvgIpc) is 2.43. The number of aldehydes is 1. The molecule has 0 unspecified atom stereocenters. The van der Waals surface area contributed by atoms with E-state index in [0.29, 0.717) is 6.42 Å². The van der Waals surface area contributed by atoms with Crippen molar-refractivity contribution in [1.82, 2.24) is 4.98 Å². The Kier molecular flexibility index (Phi) is 9.47.